The van der Waals surface area contributed by atoms with E-state index in [9.17, 15) is 8.78 Å². The molecule has 6 heteroatoms. The van der Waals surface area contributed by atoms with E-state index in [1.807, 2.05) is 31.2 Å². The van der Waals surface area contributed by atoms with Gasteiger partial charge in [-0.15, -0.1) is 0 Å². The summed E-state index contributed by atoms with van der Waals surface area (Å²) in [6.45, 7) is 3.41. The zero-order valence-electron chi connectivity index (χ0n) is 11.1. The lowest BCUT2D eigenvalue weighted by atomic mass is 10.2. The Bertz CT molecular complexity index is 569. The molecule has 3 nitrogen and oxygen atoms in total. The molecule has 0 amide bonds. The van der Waals surface area contributed by atoms with Crippen LogP contribution >= 0.6 is 15.9 Å². The molecule has 20 heavy (non-hydrogen) atoms. The lowest BCUT2D eigenvalue weighted by Crippen LogP contribution is -2.14. The van der Waals surface area contributed by atoms with E-state index in [1.54, 1.807) is 0 Å². The number of alkyl halides is 2. The van der Waals surface area contributed by atoms with Gasteiger partial charge in [0.1, 0.15) is 5.69 Å². The molecule has 0 aliphatic rings. The molecule has 108 valence electrons. The van der Waals surface area contributed by atoms with Gasteiger partial charge in [-0.1, -0.05) is 41.1 Å². The minimum absolute atomic E-state index is 0.0123. The third kappa shape index (κ3) is 3.43. The van der Waals surface area contributed by atoms with E-state index in [0.717, 1.165) is 16.6 Å². The Hall–Kier alpha value is -1.27. The molecule has 2 aromatic rings. The lowest BCUT2D eigenvalue weighted by molar-refractivity contribution is 0.138. The standard InChI is InChI=1S/C14H16BrF2N3/c1-2-18-7-11-8-19-20(13(11)14(16)17)9-10-5-3-4-6-12(10)15/h3-6,8,14,18H,2,7,9H2,1H3. The Labute approximate surface area is 125 Å². The van der Waals surface area contributed by atoms with Gasteiger partial charge in [0.2, 0.25) is 0 Å². The molecule has 0 spiro atoms. The van der Waals surface area contributed by atoms with E-state index in [2.05, 4.69) is 26.3 Å². The molecule has 0 unspecified atom stereocenters. The van der Waals surface area contributed by atoms with Gasteiger partial charge in [0, 0.05) is 16.6 Å². The van der Waals surface area contributed by atoms with Crippen LogP contribution in [0.2, 0.25) is 0 Å². The number of halogens is 3. The van der Waals surface area contributed by atoms with E-state index in [0.29, 0.717) is 18.7 Å². The average molecular weight is 344 g/mol. The molecule has 0 saturated heterocycles. The van der Waals surface area contributed by atoms with Crippen molar-refractivity contribution in [3.8, 4) is 0 Å². The molecule has 1 aromatic heterocycles. The van der Waals surface area contributed by atoms with Crippen LogP contribution in [0.25, 0.3) is 0 Å². The van der Waals surface area contributed by atoms with Crippen molar-refractivity contribution in [2.24, 2.45) is 0 Å². The van der Waals surface area contributed by atoms with Crippen molar-refractivity contribution in [1.82, 2.24) is 15.1 Å². The number of rotatable bonds is 6. The SMILES string of the molecule is CCNCc1cnn(Cc2ccccc2Br)c1C(F)F. The third-order valence-electron chi connectivity index (χ3n) is 3.01. The van der Waals surface area contributed by atoms with Crippen LogP contribution in [-0.2, 0) is 13.1 Å². The van der Waals surface area contributed by atoms with Gasteiger partial charge in [-0.3, -0.25) is 4.68 Å². The van der Waals surface area contributed by atoms with Crippen LogP contribution in [0.1, 0.15) is 30.2 Å². The first-order valence-corrected chi connectivity index (χ1v) is 7.19. The van der Waals surface area contributed by atoms with Crippen LogP contribution in [-0.4, -0.2) is 16.3 Å². The minimum atomic E-state index is -2.53. The maximum Gasteiger partial charge on any atom is 0.280 e. The van der Waals surface area contributed by atoms with Crippen LogP contribution in [0, 0.1) is 0 Å². The summed E-state index contributed by atoms with van der Waals surface area (Å²) in [6, 6.07) is 7.55. The van der Waals surface area contributed by atoms with E-state index in [1.165, 1.54) is 10.9 Å². The molecule has 1 aromatic carbocycles. The highest BCUT2D eigenvalue weighted by molar-refractivity contribution is 9.10. The van der Waals surface area contributed by atoms with Crippen molar-refractivity contribution in [2.45, 2.75) is 26.4 Å². The van der Waals surface area contributed by atoms with Gasteiger partial charge in [0.15, 0.2) is 0 Å². The van der Waals surface area contributed by atoms with Gasteiger partial charge < -0.3 is 5.32 Å². The highest BCUT2D eigenvalue weighted by atomic mass is 79.9. The highest BCUT2D eigenvalue weighted by Crippen LogP contribution is 2.25. The largest absolute Gasteiger partial charge is 0.313 e. The van der Waals surface area contributed by atoms with Crippen molar-refractivity contribution in [1.29, 1.82) is 0 Å². The van der Waals surface area contributed by atoms with Gasteiger partial charge in [0.05, 0.1) is 12.7 Å². The van der Waals surface area contributed by atoms with Crippen molar-refractivity contribution >= 4 is 15.9 Å². The van der Waals surface area contributed by atoms with E-state index in [4.69, 9.17) is 0 Å². The fourth-order valence-electron chi connectivity index (χ4n) is 2.00. The zero-order valence-corrected chi connectivity index (χ0v) is 12.7. The molecular weight excluding hydrogens is 328 g/mol. The van der Waals surface area contributed by atoms with Crippen LogP contribution in [0.3, 0.4) is 0 Å². The predicted octanol–water partition coefficient (Wildman–Crippen LogP) is 3.74. The monoisotopic (exact) mass is 343 g/mol. The number of hydrogen-bond acceptors (Lipinski definition) is 2. The molecule has 0 radical (unpaired) electrons. The molecule has 1 heterocycles. The van der Waals surface area contributed by atoms with Crippen molar-refractivity contribution in [3.63, 3.8) is 0 Å². The summed E-state index contributed by atoms with van der Waals surface area (Å²) < 4.78 is 28.8. The summed E-state index contributed by atoms with van der Waals surface area (Å²) in [5, 5.41) is 7.15. The summed E-state index contributed by atoms with van der Waals surface area (Å²) in [7, 11) is 0. The van der Waals surface area contributed by atoms with E-state index >= 15 is 0 Å². The Morgan fingerprint density at radius 3 is 2.70 bits per heavy atom. The summed E-state index contributed by atoms with van der Waals surface area (Å²) in [5.41, 5.74) is 1.46. The Balaban J connectivity index is 2.28. The summed E-state index contributed by atoms with van der Waals surface area (Å²) >= 11 is 3.42. The molecule has 0 atom stereocenters. The topological polar surface area (TPSA) is 29.9 Å². The molecule has 0 bridgehead atoms. The first-order chi connectivity index (χ1) is 9.63. The molecular formula is C14H16BrF2N3. The number of hydrogen-bond donors (Lipinski definition) is 1. The molecule has 1 N–H and O–H groups in total. The Morgan fingerprint density at radius 1 is 1.30 bits per heavy atom. The second kappa shape index (κ2) is 6.95. The molecule has 0 fully saturated rings. The Kier molecular flexibility index (Phi) is 5.25. The van der Waals surface area contributed by atoms with Crippen LogP contribution in [0.15, 0.2) is 34.9 Å². The van der Waals surface area contributed by atoms with Crippen molar-refractivity contribution in [3.05, 3.63) is 51.8 Å². The number of benzene rings is 1. The van der Waals surface area contributed by atoms with Gasteiger partial charge in [0.25, 0.3) is 6.43 Å². The van der Waals surface area contributed by atoms with Crippen molar-refractivity contribution in [2.75, 3.05) is 6.54 Å². The molecule has 0 saturated carbocycles. The first-order valence-electron chi connectivity index (χ1n) is 6.40. The summed E-state index contributed by atoms with van der Waals surface area (Å²) in [5.74, 6) is 0. The maximum absolute atomic E-state index is 13.3. The summed E-state index contributed by atoms with van der Waals surface area (Å²) in [4.78, 5) is 0. The van der Waals surface area contributed by atoms with Crippen molar-refractivity contribution < 1.29 is 8.78 Å². The van der Waals surface area contributed by atoms with Gasteiger partial charge >= 0.3 is 0 Å². The second-order valence-electron chi connectivity index (χ2n) is 4.39. The quantitative estimate of drug-likeness (QED) is 0.865. The minimum Gasteiger partial charge on any atom is -0.313 e. The van der Waals surface area contributed by atoms with Gasteiger partial charge in [-0.05, 0) is 18.2 Å². The normalized spacial score (nSPS) is 11.2. The van der Waals surface area contributed by atoms with Gasteiger partial charge in [-0.25, -0.2) is 8.78 Å². The third-order valence-corrected chi connectivity index (χ3v) is 3.78. The first kappa shape index (κ1) is 15.1. The fourth-order valence-corrected chi connectivity index (χ4v) is 2.41. The van der Waals surface area contributed by atoms with E-state index < -0.39 is 6.43 Å². The van der Waals surface area contributed by atoms with Crippen LogP contribution in [0.5, 0.6) is 0 Å². The average Bonchev–Trinajstić information content (AvgIpc) is 2.82. The smallest absolute Gasteiger partial charge is 0.280 e. The lowest BCUT2D eigenvalue weighted by Gasteiger charge is -2.10. The van der Waals surface area contributed by atoms with Crippen LogP contribution < -0.4 is 5.32 Å². The molecule has 0 aliphatic carbocycles. The predicted molar refractivity (Wildman–Crippen MR) is 77.8 cm³/mol. The Morgan fingerprint density at radius 2 is 2.05 bits per heavy atom. The number of nitrogens with one attached hydrogen (secondary N) is 1. The maximum atomic E-state index is 13.3. The zero-order chi connectivity index (χ0) is 14.5. The number of aromatic nitrogens is 2. The summed E-state index contributed by atoms with van der Waals surface area (Å²) in [6.07, 6.45) is -1.02. The van der Waals surface area contributed by atoms with E-state index in [-0.39, 0.29) is 5.69 Å². The second-order valence-corrected chi connectivity index (χ2v) is 5.24. The highest BCUT2D eigenvalue weighted by Gasteiger charge is 2.20. The molecule has 0 aliphatic heterocycles. The number of nitrogens with zero attached hydrogens (tertiary/aromatic N) is 2. The molecule has 2 rings (SSSR count). The van der Waals surface area contributed by atoms with Gasteiger partial charge in [-0.2, -0.15) is 5.10 Å². The fraction of sp³-hybridized carbons (Fsp3) is 0.357. The van der Waals surface area contributed by atoms with Crippen LogP contribution in [0.4, 0.5) is 8.78 Å².